The lowest BCUT2D eigenvalue weighted by Gasteiger charge is -2.31. The Balaban J connectivity index is 2.23. The third-order valence-corrected chi connectivity index (χ3v) is 3.54. The number of hydrogen-bond donors (Lipinski definition) is 0. The van der Waals surface area contributed by atoms with Crippen molar-refractivity contribution < 1.29 is 14.3 Å². The Morgan fingerprint density at radius 2 is 2.26 bits per heavy atom. The number of piperidine rings is 1. The summed E-state index contributed by atoms with van der Waals surface area (Å²) in [4.78, 5) is 25.9. The summed E-state index contributed by atoms with van der Waals surface area (Å²) in [5, 5.41) is 0. The molecule has 1 saturated heterocycles. The second-order valence-electron chi connectivity index (χ2n) is 4.71. The number of Topliss-reactive ketones (excluding diaryl/α,β-unsaturated/α-hetero) is 1. The summed E-state index contributed by atoms with van der Waals surface area (Å²) < 4.78 is 5.17. The van der Waals surface area contributed by atoms with Crippen molar-refractivity contribution >= 4 is 17.4 Å². The van der Waals surface area contributed by atoms with E-state index in [0.29, 0.717) is 25.1 Å². The minimum Gasteiger partial charge on any atom is -0.497 e. The van der Waals surface area contributed by atoms with E-state index in [2.05, 4.69) is 0 Å². The van der Waals surface area contributed by atoms with Gasteiger partial charge < -0.3 is 9.64 Å². The lowest BCUT2D eigenvalue weighted by molar-refractivity contribution is -0.133. The van der Waals surface area contributed by atoms with Crippen LogP contribution in [0.3, 0.4) is 0 Å². The number of anilines is 1. The van der Waals surface area contributed by atoms with Crippen LogP contribution >= 0.6 is 0 Å². The number of ketones is 1. The lowest BCUT2D eigenvalue weighted by Crippen LogP contribution is -2.44. The average Bonchev–Trinajstić information content (AvgIpc) is 2.46. The summed E-state index contributed by atoms with van der Waals surface area (Å²) >= 11 is 0. The van der Waals surface area contributed by atoms with E-state index >= 15 is 0 Å². The maximum Gasteiger partial charge on any atom is 0.237 e. The zero-order valence-corrected chi connectivity index (χ0v) is 11.4. The van der Waals surface area contributed by atoms with Gasteiger partial charge in [0, 0.05) is 24.7 Å². The zero-order chi connectivity index (χ0) is 13.8. The first-order valence-electron chi connectivity index (χ1n) is 6.65. The molecule has 1 aromatic carbocycles. The molecule has 2 rings (SSSR count). The third-order valence-electron chi connectivity index (χ3n) is 3.54. The first-order valence-corrected chi connectivity index (χ1v) is 6.65. The summed E-state index contributed by atoms with van der Waals surface area (Å²) in [7, 11) is 1.60. The second-order valence-corrected chi connectivity index (χ2v) is 4.71. The number of carbonyl (C=O) groups is 2. The molecule has 0 unspecified atom stereocenters. The third kappa shape index (κ3) is 2.78. The van der Waals surface area contributed by atoms with Gasteiger partial charge in [0.15, 0.2) is 0 Å². The van der Waals surface area contributed by atoms with E-state index < -0.39 is 5.92 Å². The predicted octanol–water partition coefficient (Wildman–Crippen LogP) is 2.42. The van der Waals surface area contributed by atoms with Crippen LogP contribution in [0.4, 0.5) is 5.69 Å². The normalized spacial score (nSPS) is 19.4. The van der Waals surface area contributed by atoms with Crippen molar-refractivity contribution in [1.82, 2.24) is 0 Å². The van der Waals surface area contributed by atoms with E-state index in [1.165, 1.54) is 0 Å². The summed E-state index contributed by atoms with van der Waals surface area (Å²) in [5.41, 5.74) is 0.804. The molecule has 0 aromatic heterocycles. The number of carbonyl (C=O) groups excluding carboxylic acids is 2. The molecule has 1 aliphatic heterocycles. The molecule has 4 heteroatoms. The fraction of sp³-hybridized carbons (Fsp3) is 0.467. The summed E-state index contributed by atoms with van der Waals surface area (Å²) in [5.74, 6) is 0.211. The Morgan fingerprint density at radius 3 is 2.95 bits per heavy atom. The van der Waals surface area contributed by atoms with E-state index in [1.54, 1.807) is 18.9 Å². The number of rotatable bonds is 4. The molecule has 1 heterocycles. The van der Waals surface area contributed by atoms with Gasteiger partial charge in [-0.15, -0.1) is 0 Å². The fourth-order valence-corrected chi connectivity index (χ4v) is 2.46. The van der Waals surface area contributed by atoms with Crippen molar-refractivity contribution in [2.75, 3.05) is 18.6 Å². The molecule has 1 fully saturated rings. The van der Waals surface area contributed by atoms with Gasteiger partial charge >= 0.3 is 0 Å². The Kier molecular flexibility index (Phi) is 4.20. The highest BCUT2D eigenvalue weighted by atomic mass is 16.5. The number of methoxy groups -OCH3 is 1. The topological polar surface area (TPSA) is 46.6 Å². The molecular formula is C15H19NO3. The Morgan fingerprint density at radius 1 is 1.47 bits per heavy atom. The number of hydrogen-bond acceptors (Lipinski definition) is 3. The summed E-state index contributed by atoms with van der Waals surface area (Å²) in [6, 6.07) is 7.40. The van der Waals surface area contributed by atoms with Gasteiger partial charge in [-0.1, -0.05) is 13.0 Å². The van der Waals surface area contributed by atoms with Crippen molar-refractivity contribution in [3.05, 3.63) is 24.3 Å². The van der Waals surface area contributed by atoms with Gasteiger partial charge in [0.2, 0.25) is 5.91 Å². The Bertz CT molecular complexity index is 484. The molecule has 1 aliphatic rings. The molecule has 102 valence electrons. The first-order chi connectivity index (χ1) is 9.17. The predicted molar refractivity (Wildman–Crippen MR) is 73.4 cm³/mol. The van der Waals surface area contributed by atoms with E-state index in [4.69, 9.17) is 4.74 Å². The lowest BCUT2D eigenvalue weighted by atomic mass is 9.91. The number of benzene rings is 1. The van der Waals surface area contributed by atoms with Gasteiger partial charge in [0.1, 0.15) is 11.5 Å². The molecule has 0 saturated carbocycles. The van der Waals surface area contributed by atoms with Crippen LogP contribution in [0.2, 0.25) is 0 Å². The quantitative estimate of drug-likeness (QED) is 0.782. The number of ether oxygens (including phenoxy) is 1. The van der Waals surface area contributed by atoms with Gasteiger partial charge in [-0.25, -0.2) is 0 Å². The second kappa shape index (κ2) is 5.87. The highest BCUT2D eigenvalue weighted by molar-refractivity contribution is 6.08. The minimum atomic E-state index is -0.468. The van der Waals surface area contributed by atoms with Crippen LogP contribution in [-0.2, 0) is 9.59 Å². The minimum absolute atomic E-state index is 0.0394. The molecule has 0 bridgehead atoms. The van der Waals surface area contributed by atoms with E-state index in [9.17, 15) is 9.59 Å². The van der Waals surface area contributed by atoms with Crippen molar-refractivity contribution in [1.29, 1.82) is 0 Å². The van der Waals surface area contributed by atoms with Crippen molar-refractivity contribution in [3.8, 4) is 5.75 Å². The number of nitrogens with zero attached hydrogens (tertiary/aromatic N) is 1. The SMILES string of the molecule is CCC(=O)[C@H]1CCCN(c2cccc(OC)c2)C1=O. The van der Waals surface area contributed by atoms with Crippen LogP contribution in [0.25, 0.3) is 0 Å². The summed E-state index contributed by atoms with van der Waals surface area (Å²) in [6.45, 7) is 2.47. The molecule has 0 N–H and O–H groups in total. The highest BCUT2D eigenvalue weighted by Crippen LogP contribution is 2.28. The van der Waals surface area contributed by atoms with Crippen molar-refractivity contribution in [2.24, 2.45) is 5.92 Å². The zero-order valence-electron chi connectivity index (χ0n) is 11.4. The molecule has 19 heavy (non-hydrogen) atoms. The van der Waals surface area contributed by atoms with Crippen LogP contribution in [0.15, 0.2) is 24.3 Å². The van der Waals surface area contributed by atoms with Crippen LogP contribution in [0, 0.1) is 5.92 Å². The number of amides is 1. The average molecular weight is 261 g/mol. The van der Waals surface area contributed by atoms with Gasteiger partial charge in [0.25, 0.3) is 0 Å². The Labute approximate surface area is 113 Å². The van der Waals surface area contributed by atoms with Gasteiger partial charge in [-0.05, 0) is 25.0 Å². The summed E-state index contributed by atoms with van der Waals surface area (Å²) in [6.07, 6.45) is 1.95. The van der Waals surface area contributed by atoms with Crippen LogP contribution in [0.1, 0.15) is 26.2 Å². The molecule has 1 amide bonds. The molecule has 1 atom stereocenters. The standard InChI is InChI=1S/C15H19NO3/c1-3-14(17)13-8-5-9-16(15(13)18)11-6-4-7-12(10-11)19-2/h4,6-7,10,13H,3,5,8-9H2,1-2H3/t13-/m1/s1. The maximum absolute atomic E-state index is 12.4. The molecular weight excluding hydrogens is 242 g/mol. The highest BCUT2D eigenvalue weighted by Gasteiger charge is 2.33. The van der Waals surface area contributed by atoms with Crippen molar-refractivity contribution in [3.63, 3.8) is 0 Å². The van der Waals surface area contributed by atoms with Gasteiger partial charge in [0.05, 0.1) is 13.0 Å². The van der Waals surface area contributed by atoms with Crippen LogP contribution < -0.4 is 9.64 Å². The first kappa shape index (κ1) is 13.6. The van der Waals surface area contributed by atoms with E-state index in [0.717, 1.165) is 12.1 Å². The smallest absolute Gasteiger partial charge is 0.237 e. The van der Waals surface area contributed by atoms with Gasteiger partial charge in [-0.2, -0.15) is 0 Å². The fourth-order valence-electron chi connectivity index (χ4n) is 2.46. The molecule has 0 aliphatic carbocycles. The van der Waals surface area contributed by atoms with E-state index in [-0.39, 0.29) is 11.7 Å². The van der Waals surface area contributed by atoms with E-state index in [1.807, 2.05) is 24.3 Å². The van der Waals surface area contributed by atoms with Crippen LogP contribution in [0.5, 0.6) is 5.75 Å². The molecule has 0 radical (unpaired) electrons. The monoisotopic (exact) mass is 261 g/mol. The maximum atomic E-state index is 12.4. The molecule has 1 aromatic rings. The molecule has 4 nitrogen and oxygen atoms in total. The van der Waals surface area contributed by atoms with Gasteiger partial charge in [-0.3, -0.25) is 9.59 Å². The van der Waals surface area contributed by atoms with Crippen molar-refractivity contribution in [2.45, 2.75) is 26.2 Å². The Hall–Kier alpha value is -1.84. The van der Waals surface area contributed by atoms with Crippen LogP contribution in [-0.4, -0.2) is 25.3 Å². The largest absolute Gasteiger partial charge is 0.497 e. The molecule has 0 spiro atoms.